The van der Waals surface area contributed by atoms with Crippen LogP contribution in [0.25, 0.3) is 11.3 Å². The molecule has 38 heavy (non-hydrogen) atoms. The Kier molecular flexibility index (Phi) is 7.68. The predicted octanol–water partition coefficient (Wildman–Crippen LogP) is 4.27. The average molecular weight is 510 g/mol. The molecule has 3 aromatic carbocycles. The van der Waals surface area contributed by atoms with Crippen molar-refractivity contribution in [2.45, 2.75) is 6.54 Å². The number of halogens is 1. The first-order valence-corrected chi connectivity index (χ1v) is 12.6. The highest BCUT2D eigenvalue weighted by molar-refractivity contribution is 5.96. The van der Waals surface area contributed by atoms with Gasteiger partial charge in [0.25, 0.3) is 5.91 Å². The van der Waals surface area contributed by atoms with Gasteiger partial charge in [0, 0.05) is 43.9 Å². The maximum atomic E-state index is 13.8. The largest absolute Gasteiger partial charge is 0.352 e. The van der Waals surface area contributed by atoms with Crippen molar-refractivity contribution >= 4 is 17.6 Å². The summed E-state index contributed by atoms with van der Waals surface area (Å²) in [6.45, 7) is 2.41. The fraction of sp³-hybridized carbons (Fsp3) is 0.200. The van der Waals surface area contributed by atoms with Gasteiger partial charge in [0.2, 0.25) is 5.91 Å². The highest BCUT2D eigenvalue weighted by atomic mass is 19.1. The molecular formula is C30H28FN5O2. The Balaban J connectivity index is 1.22. The van der Waals surface area contributed by atoms with Crippen LogP contribution in [-0.2, 0) is 11.3 Å². The Morgan fingerprint density at radius 3 is 2.16 bits per heavy atom. The van der Waals surface area contributed by atoms with E-state index in [-0.39, 0.29) is 30.5 Å². The summed E-state index contributed by atoms with van der Waals surface area (Å²) in [6.07, 6.45) is 0. The van der Waals surface area contributed by atoms with Gasteiger partial charge in [-0.25, -0.2) is 4.39 Å². The number of aromatic nitrogens is 2. The van der Waals surface area contributed by atoms with E-state index in [2.05, 4.69) is 15.1 Å². The third kappa shape index (κ3) is 6.03. The van der Waals surface area contributed by atoms with Crippen molar-refractivity contribution in [1.82, 2.24) is 20.0 Å². The quantitative estimate of drug-likeness (QED) is 0.372. The Hall–Kier alpha value is -4.59. The fourth-order valence-corrected chi connectivity index (χ4v) is 4.51. The van der Waals surface area contributed by atoms with E-state index in [0.717, 1.165) is 22.6 Å². The maximum absolute atomic E-state index is 13.8. The molecule has 0 aliphatic carbocycles. The van der Waals surface area contributed by atoms with Gasteiger partial charge in [-0.15, -0.1) is 10.2 Å². The molecule has 2 heterocycles. The molecule has 0 saturated carbocycles. The lowest BCUT2D eigenvalue weighted by molar-refractivity contribution is -0.132. The van der Waals surface area contributed by atoms with Crippen molar-refractivity contribution in [1.29, 1.82) is 0 Å². The van der Waals surface area contributed by atoms with Gasteiger partial charge in [0.1, 0.15) is 12.4 Å². The van der Waals surface area contributed by atoms with Crippen LogP contribution in [-0.4, -0.2) is 64.5 Å². The summed E-state index contributed by atoms with van der Waals surface area (Å²) in [6, 6.07) is 28.8. The zero-order chi connectivity index (χ0) is 26.3. The molecule has 0 atom stereocenters. The molecule has 0 radical (unpaired) electrons. The zero-order valence-electron chi connectivity index (χ0n) is 20.9. The van der Waals surface area contributed by atoms with Crippen LogP contribution >= 0.6 is 0 Å². The third-order valence-electron chi connectivity index (χ3n) is 6.58. The van der Waals surface area contributed by atoms with Crippen LogP contribution in [0.5, 0.6) is 0 Å². The number of amides is 2. The topological polar surface area (TPSA) is 69.6 Å². The molecular weight excluding hydrogens is 481 g/mol. The van der Waals surface area contributed by atoms with E-state index in [1.54, 1.807) is 11.0 Å². The number of rotatable bonds is 7. The van der Waals surface area contributed by atoms with Crippen LogP contribution in [0.1, 0.15) is 15.9 Å². The molecule has 192 valence electrons. The molecule has 5 rings (SSSR count). The maximum Gasteiger partial charge on any atom is 0.254 e. The minimum atomic E-state index is -0.488. The van der Waals surface area contributed by atoms with Crippen molar-refractivity contribution < 1.29 is 14.0 Å². The van der Waals surface area contributed by atoms with Crippen LogP contribution < -0.4 is 4.90 Å². The SMILES string of the molecule is O=C(CN(Cc1ccccc1)C(=O)c1cccc(F)c1)N1CCN(c2ccc(-c3ccccc3)nn2)CC1. The molecule has 7 nitrogen and oxygen atoms in total. The van der Waals surface area contributed by atoms with Gasteiger partial charge in [-0.05, 0) is 35.9 Å². The monoisotopic (exact) mass is 509 g/mol. The summed E-state index contributed by atoms with van der Waals surface area (Å²) in [5.74, 6) is -0.244. The standard InChI is InChI=1S/C30H28FN5O2/c31-26-13-7-12-25(20-26)30(38)36(21-23-8-3-1-4-9-23)22-29(37)35-18-16-34(17-19-35)28-15-14-27(32-33-28)24-10-5-2-6-11-24/h1-15,20H,16-19,21-22H2. The van der Waals surface area contributed by atoms with Gasteiger partial charge in [-0.1, -0.05) is 66.7 Å². The first-order chi connectivity index (χ1) is 18.6. The van der Waals surface area contributed by atoms with Crippen LogP contribution in [0.4, 0.5) is 10.2 Å². The number of carbonyl (C=O) groups is 2. The second-order valence-corrected chi connectivity index (χ2v) is 9.17. The number of hydrogen-bond acceptors (Lipinski definition) is 5. The molecule has 0 bridgehead atoms. The van der Waals surface area contributed by atoms with Crippen molar-refractivity contribution in [3.8, 4) is 11.3 Å². The van der Waals surface area contributed by atoms with Gasteiger partial charge in [0.05, 0.1) is 5.69 Å². The summed E-state index contributed by atoms with van der Waals surface area (Å²) in [4.78, 5) is 31.9. The van der Waals surface area contributed by atoms with Crippen LogP contribution in [0.15, 0.2) is 97.1 Å². The minimum absolute atomic E-state index is 0.0875. The molecule has 4 aromatic rings. The van der Waals surface area contributed by atoms with E-state index in [1.807, 2.05) is 72.8 Å². The first-order valence-electron chi connectivity index (χ1n) is 12.6. The summed E-state index contributed by atoms with van der Waals surface area (Å²) in [5.41, 5.74) is 2.93. The van der Waals surface area contributed by atoms with Gasteiger partial charge < -0.3 is 14.7 Å². The number of hydrogen-bond donors (Lipinski definition) is 0. The summed E-state index contributed by atoms with van der Waals surface area (Å²) >= 11 is 0. The van der Waals surface area contributed by atoms with Gasteiger partial charge in [-0.2, -0.15) is 0 Å². The van der Waals surface area contributed by atoms with Crippen LogP contribution in [0.3, 0.4) is 0 Å². The van der Waals surface area contributed by atoms with Crippen molar-refractivity contribution in [2.24, 2.45) is 0 Å². The average Bonchev–Trinajstić information content (AvgIpc) is 2.97. The Morgan fingerprint density at radius 1 is 0.789 bits per heavy atom. The zero-order valence-corrected chi connectivity index (χ0v) is 20.9. The number of carbonyl (C=O) groups excluding carboxylic acids is 2. The van der Waals surface area contributed by atoms with Crippen molar-refractivity contribution in [3.63, 3.8) is 0 Å². The lowest BCUT2D eigenvalue weighted by Gasteiger charge is -2.36. The predicted molar refractivity (Wildman–Crippen MR) is 144 cm³/mol. The van der Waals surface area contributed by atoms with E-state index < -0.39 is 5.82 Å². The van der Waals surface area contributed by atoms with Crippen LogP contribution in [0, 0.1) is 5.82 Å². The van der Waals surface area contributed by atoms with Gasteiger partial charge in [0.15, 0.2) is 5.82 Å². The molecule has 1 aliphatic rings. The molecule has 8 heteroatoms. The first kappa shape index (κ1) is 25.1. The fourth-order valence-electron chi connectivity index (χ4n) is 4.51. The Labute approximate surface area is 221 Å². The second kappa shape index (κ2) is 11.6. The molecule has 2 amide bonds. The number of benzene rings is 3. The Morgan fingerprint density at radius 2 is 1.50 bits per heavy atom. The smallest absolute Gasteiger partial charge is 0.254 e. The molecule has 1 aromatic heterocycles. The van der Waals surface area contributed by atoms with E-state index in [1.165, 1.54) is 23.1 Å². The lowest BCUT2D eigenvalue weighted by Crippen LogP contribution is -2.52. The van der Waals surface area contributed by atoms with Crippen LogP contribution in [0.2, 0.25) is 0 Å². The normalized spacial score (nSPS) is 13.3. The van der Waals surface area contributed by atoms with Crippen molar-refractivity contribution in [2.75, 3.05) is 37.6 Å². The van der Waals surface area contributed by atoms with E-state index in [4.69, 9.17) is 0 Å². The highest BCUT2D eigenvalue weighted by Gasteiger charge is 2.26. The molecule has 1 aliphatic heterocycles. The summed E-state index contributed by atoms with van der Waals surface area (Å²) < 4.78 is 13.8. The summed E-state index contributed by atoms with van der Waals surface area (Å²) in [5, 5.41) is 8.77. The number of piperazine rings is 1. The summed E-state index contributed by atoms with van der Waals surface area (Å²) in [7, 11) is 0. The lowest BCUT2D eigenvalue weighted by atomic mass is 10.1. The molecule has 0 N–H and O–H groups in total. The molecule has 0 unspecified atom stereocenters. The third-order valence-corrected chi connectivity index (χ3v) is 6.58. The highest BCUT2D eigenvalue weighted by Crippen LogP contribution is 2.19. The molecule has 0 spiro atoms. The van der Waals surface area contributed by atoms with Gasteiger partial charge >= 0.3 is 0 Å². The molecule has 1 saturated heterocycles. The van der Waals surface area contributed by atoms with Crippen molar-refractivity contribution in [3.05, 3.63) is 114 Å². The van der Waals surface area contributed by atoms with E-state index in [0.29, 0.717) is 26.2 Å². The number of anilines is 1. The van der Waals surface area contributed by atoms with E-state index >= 15 is 0 Å². The molecule has 1 fully saturated rings. The Bertz CT molecular complexity index is 1370. The minimum Gasteiger partial charge on any atom is -0.352 e. The second-order valence-electron chi connectivity index (χ2n) is 9.17. The van der Waals surface area contributed by atoms with Gasteiger partial charge in [-0.3, -0.25) is 9.59 Å². The van der Waals surface area contributed by atoms with E-state index in [9.17, 15) is 14.0 Å². The number of nitrogens with zero attached hydrogens (tertiary/aromatic N) is 5.